The van der Waals surface area contributed by atoms with Crippen LogP contribution < -0.4 is 5.32 Å². The van der Waals surface area contributed by atoms with Crippen LogP contribution in [-0.2, 0) is 28.0 Å². The van der Waals surface area contributed by atoms with Crippen LogP contribution in [0.15, 0.2) is 42.5 Å². The van der Waals surface area contributed by atoms with Gasteiger partial charge in [0.05, 0.1) is 6.61 Å². The molecular weight excluding hydrogens is 322 g/mol. The summed E-state index contributed by atoms with van der Waals surface area (Å²) in [6, 6.07) is 13.0. The summed E-state index contributed by atoms with van der Waals surface area (Å²) >= 11 is 0. The van der Waals surface area contributed by atoms with Gasteiger partial charge < -0.3 is 10.4 Å². The van der Waals surface area contributed by atoms with E-state index in [9.17, 15) is 9.00 Å². The SMILES string of the molecule is Cc1cccc(NC(=O)C(C)S(=O)Cc2ccc(CO)cc2)c1C. The molecule has 5 heteroatoms. The highest BCUT2D eigenvalue weighted by Crippen LogP contribution is 2.19. The van der Waals surface area contributed by atoms with Crippen molar-refractivity contribution in [3.63, 3.8) is 0 Å². The van der Waals surface area contributed by atoms with Crippen molar-refractivity contribution in [3.05, 3.63) is 64.7 Å². The molecule has 0 aromatic heterocycles. The zero-order valence-electron chi connectivity index (χ0n) is 14.2. The van der Waals surface area contributed by atoms with Gasteiger partial charge in [-0.05, 0) is 49.1 Å². The molecule has 0 aliphatic carbocycles. The number of benzene rings is 2. The lowest BCUT2D eigenvalue weighted by atomic mass is 10.1. The second-order valence-electron chi connectivity index (χ2n) is 5.88. The van der Waals surface area contributed by atoms with E-state index in [1.165, 1.54) is 0 Å². The molecule has 0 aliphatic rings. The number of amides is 1. The van der Waals surface area contributed by atoms with Crippen LogP contribution in [0.4, 0.5) is 5.69 Å². The topological polar surface area (TPSA) is 66.4 Å². The summed E-state index contributed by atoms with van der Waals surface area (Å²) in [5.41, 5.74) is 4.58. The van der Waals surface area contributed by atoms with E-state index < -0.39 is 16.0 Å². The second kappa shape index (κ2) is 8.22. The van der Waals surface area contributed by atoms with E-state index in [0.29, 0.717) is 5.75 Å². The molecule has 128 valence electrons. The first-order valence-corrected chi connectivity index (χ1v) is 9.23. The van der Waals surface area contributed by atoms with Crippen LogP contribution in [0.2, 0.25) is 0 Å². The summed E-state index contributed by atoms with van der Waals surface area (Å²) in [6.45, 7) is 5.61. The van der Waals surface area contributed by atoms with Gasteiger partial charge in [0.2, 0.25) is 5.91 Å². The molecule has 2 aromatic carbocycles. The molecule has 24 heavy (non-hydrogen) atoms. The summed E-state index contributed by atoms with van der Waals surface area (Å²) in [7, 11) is -1.31. The Labute approximate surface area is 145 Å². The van der Waals surface area contributed by atoms with Crippen LogP contribution in [0, 0.1) is 13.8 Å². The average Bonchev–Trinajstić information content (AvgIpc) is 2.58. The largest absolute Gasteiger partial charge is 0.392 e. The molecule has 0 radical (unpaired) electrons. The van der Waals surface area contributed by atoms with Crippen LogP contribution in [0.5, 0.6) is 0 Å². The fourth-order valence-corrected chi connectivity index (χ4v) is 3.34. The van der Waals surface area contributed by atoms with Crippen molar-refractivity contribution in [1.82, 2.24) is 0 Å². The van der Waals surface area contributed by atoms with Crippen LogP contribution in [0.25, 0.3) is 0 Å². The normalized spacial score (nSPS) is 13.3. The zero-order chi connectivity index (χ0) is 17.7. The lowest BCUT2D eigenvalue weighted by Crippen LogP contribution is -2.30. The first kappa shape index (κ1) is 18.4. The minimum absolute atomic E-state index is 0.0159. The van der Waals surface area contributed by atoms with Gasteiger partial charge in [0, 0.05) is 22.2 Å². The van der Waals surface area contributed by atoms with Crippen molar-refractivity contribution < 1.29 is 14.1 Å². The number of hydrogen-bond acceptors (Lipinski definition) is 3. The van der Waals surface area contributed by atoms with Gasteiger partial charge in [-0.1, -0.05) is 36.4 Å². The smallest absolute Gasteiger partial charge is 0.239 e. The molecule has 0 bridgehead atoms. The van der Waals surface area contributed by atoms with Gasteiger partial charge in [-0.2, -0.15) is 0 Å². The molecule has 0 saturated heterocycles. The van der Waals surface area contributed by atoms with Crippen LogP contribution >= 0.6 is 0 Å². The Kier molecular flexibility index (Phi) is 6.29. The Balaban J connectivity index is 2.01. The predicted molar refractivity (Wildman–Crippen MR) is 98.2 cm³/mol. The first-order chi connectivity index (χ1) is 11.4. The highest BCUT2D eigenvalue weighted by atomic mass is 32.2. The summed E-state index contributed by atoms with van der Waals surface area (Å²) in [5, 5.41) is 11.3. The molecular formula is C19H23NO3S. The molecule has 1 amide bonds. The van der Waals surface area contributed by atoms with Crippen molar-refractivity contribution in [2.45, 2.75) is 38.4 Å². The number of hydrogen-bond donors (Lipinski definition) is 2. The van der Waals surface area contributed by atoms with E-state index >= 15 is 0 Å². The summed E-state index contributed by atoms with van der Waals surface area (Å²) < 4.78 is 12.5. The van der Waals surface area contributed by atoms with Crippen LogP contribution in [-0.4, -0.2) is 20.5 Å². The number of aliphatic hydroxyl groups is 1. The van der Waals surface area contributed by atoms with Gasteiger partial charge in [0.1, 0.15) is 5.25 Å². The predicted octanol–water partition coefficient (Wildman–Crippen LogP) is 3.07. The van der Waals surface area contributed by atoms with E-state index in [4.69, 9.17) is 5.11 Å². The molecule has 2 atom stereocenters. The Morgan fingerprint density at radius 2 is 1.75 bits per heavy atom. The van der Waals surface area contributed by atoms with Crippen molar-refractivity contribution in [3.8, 4) is 0 Å². The highest BCUT2D eigenvalue weighted by Gasteiger charge is 2.21. The third-order valence-corrected chi connectivity index (χ3v) is 5.76. The fraction of sp³-hybridized carbons (Fsp3) is 0.316. The van der Waals surface area contributed by atoms with Crippen LogP contribution in [0.1, 0.15) is 29.2 Å². The number of carbonyl (C=O) groups is 1. The number of anilines is 1. The Hall–Kier alpha value is -1.98. The van der Waals surface area contributed by atoms with Crippen molar-refractivity contribution in [1.29, 1.82) is 0 Å². The number of aliphatic hydroxyl groups excluding tert-OH is 1. The maximum absolute atomic E-state index is 12.5. The van der Waals surface area contributed by atoms with E-state index in [1.807, 2.05) is 44.2 Å². The Morgan fingerprint density at radius 3 is 2.38 bits per heavy atom. The maximum Gasteiger partial charge on any atom is 0.239 e. The molecule has 0 saturated carbocycles. The molecule has 2 aromatic rings. The lowest BCUT2D eigenvalue weighted by molar-refractivity contribution is -0.115. The van der Waals surface area contributed by atoms with Gasteiger partial charge in [0.15, 0.2) is 0 Å². The number of rotatable bonds is 6. The third-order valence-electron chi connectivity index (χ3n) is 4.14. The second-order valence-corrected chi connectivity index (χ2v) is 7.64. The molecule has 4 nitrogen and oxygen atoms in total. The van der Waals surface area contributed by atoms with Crippen molar-refractivity contribution in [2.24, 2.45) is 0 Å². The molecule has 0 fully saturated rings. The molecule has 2 unspecified atom stereocenters. The Morgan fingerprint density at radius 1 is 1.12 bits per heavy atom. The number of nitrogens with one attached hydrogen (secondary N) is 1. The van der Waals surface area contributed by atoms with Gasteiger partial charge >= 0.3 is 0 Å². The molecule has 0 spiro atoms. The van der Waals surface area contributed by atoms with Gasteiger partial charge in [-0.25, -0.2) is 0 Å². The van der Waals surface area contributed by atoms with Crippen LogP contribution in [0.3, 0.4) is 0 Å². The molecule has 0 aliphatic heterocycles. The third kappa shape index (κ3) is 4.52. The minimum atomic E-state index is -1.31. The van der Waals surface area contributed by atoms with E-state index in [1.54, 1.807) is 19.1 Å². The van der Waals surface area contributed by atoms with Gasteiger partial charge in [-0.3, -0.25) is 9.00 Å². The van der Waals surface area contributed by atoms with E-state index in [0.717, 1.165) is 27.9 Å². The summed E-state index contributed by atoms with van der Waals surface area (Å²) in [5.74, 6) is 0.0709. The monoisotopic (exact) mass is 345 g/mol. The van der Waals surface area contributed by atoms with Crippen molar-refractivity contribution in [2.75, 3.05) is 5.32 Å². The molecule has 2 N–H and O–H groups in total. The lowest BCUT2D eigenvalue weighted by Gasteiger charge is -2.15. The number of carbonyl (C=O) groups excluding carboxylic acids is 1. The van der Waals surface area contributed by atoms with Gasteiger partial charge in [0.25, 0.3) is 0 Å². The first-order valence-electron chi connectivity index (χ1n) is 7.85. The number of aryl methyl sites for hydroxylation is 1. The van der Waals surface area contributed by atoms with E-state index in [2.05, 4.69) is 5.32 Å². The van der Waals surface area contributed by atoms with Gasteiger partial charge in [-0.15, -0.1) is 0 Å². The molecule has 0 heterocycles. The van der Waals surface area contributed by atoms with E-state index in [-0.39, 0.29) is 12.5 Å². The zero-order valence-corrected chi connectivity index (χ0v) is 15.0. The fourth-order valence-electron chi connectivity index (χ4n) is 2.27. The quantitative estimate of drug-likeness (QED) is 0.845. The Bertz CT molecular complexity index is 741. The van der Waals surface area contributed by atoms with Crippen molar-refractivity contribution >= 4 is 22.4 Å². The highest BCUT2D eigenvalue weighted by molar-refractivity contribution is 7.85. The average molecular weight is 345 g/mol. The summed E-state index contributed by atoms with van der Waals surface area (Å²) in [6.07, 6.45) is 0. The summed E-state index contributed by atoms with van der Waals surface area (Å²) in [4.78, 5) is 12.4. The minimum Gasteiger partial charge on any atom is -0.392 e. The molecule has 2 rings (SSSR count). The standard InChI is InChI=1S/C19H23NO3S/c1-13-5-4-6-18(14(13)2)20-19(22)15(3)24(23)12-17-9-7-16(11-21)8-10-17/h4-10,15,21H,11-12H2,1-3H3,(H,20,22). The maximum atomic E-state index is 12.5.